The molecule has 0 spiro atoms. The van der Waals surface area contributed by atoms with Crippen LogP contribution in [0.3, 0.4) is 0 Å². The summed E-state index contributed by atoms with van der Waals surface area (Å²) in [5.41, 5.74) is 0.725. The van der Waals surface area contributed by atoms with E-state index in [9.17, 15) is 18.8 Å². The number of piperidine rings is 1. The number of hydrogen-bond acceptors (Lipinski definition) is 3. The Labute approximate surface area is 189 Å². The van der Waals surface area contributed by atoms with Crippen LogP contribution in [0.4, 0.5) is 10.1 Å². The summed E-state index contributed by atoms with van der Waals surface area (Å²) in [6, 6.07) is 10.3. The van der Waals surface area contributed by atoms with Crippen molar-refractivity contribution in [2.45, 2.75) is 12.8 Å². The van der Waals surface area contributed by atoms with E-state index in [0.29, 0.717) is 47.2 Å². The van der Waals surface area contributed by atoms with Gasteiger partial charge in [0.15, 0.2) is 0 Å². The zero-order chi connectivity index (χ0) is 22.5. The van der Waals surface area contributed by atoms with Gasteiger partial charge in [0.1, 0.15) is 5.82 Å². The maximum Gasteiger partial charge on any atom is 0.253 e. The SMILES string of the molecule is CN(CC(=O)Nc1c(Cl)cccc1Cl)C(=O)C1CCN(C(=O)c2ccc(F)cc2)CC1. The third-order valence-corrected chi connectivity index (χ3v) is 5.84. The van der Waals surface area contributed by atoms with Gasteiger partial charge in [0.05, 0.1) is 22.3 Å². The van der Waals surface area contributed by atoms with Gasteiger partial charge in [-0.3, -0.25) is 14.4 Å². The van der Waals surface area contributed by atoms with Crippen molar-refractivity contribution in [3.63, 3.8) is 0 Å². The minimum absolute atomic E-state index is 0.144. The molecule has 3 amide bonds. The van der Waals surface area contributed by atoms with Crippen LogP contribution < -0.4 is 5.32 Å². The van der Waals surface area contributed by atoms with Gasteiger partial charge < -0.3 is 15.1 Å². The number of likely N-dealkylation sites (N-methyl/N-ethyl adjacent to an activating group) is 1. The number of likely N-dealkylation sites (tertiary alicyclic amines) is 1. The number of nitrogens with zero attached hydrogens (tertiary/aromatic N) is 2. The Morgan fingerprint density at radius 2 is 1.65 bits per heavy atom. The van der Waals surface area contributed by atoms with E-state index in [0.717, 1.165) is 0 Å². The van der Waals surface area contributed by atoms with Crippen molar-refractivity contribution in [2.24, 2.45) is 5.92 Å². The lowest BCUT2D eigenvalue weighted by Gasteiger charge is -2.33. The van der Waals surface area contributed by atoms with Crippen LogP contribution >= 0.6 is 23.2 Å². The van der Waals surface area contributed by atoms with Crippen molar-refractivity contribution in [3.8, 4) is 0 Å². The normalized spacial score (nSPS) is 14.3. The summed E-state index contributed by atoms with van der Waals surface area (Å²) in [7, 11) is 1.56. The summed E-state index contributed by atoms with van der Waals surface area (Å²) in [6.07, 6.45) is 0.988. The minimum atomic E-state index is -0.408. The molecular formula is C22H22Cl2FN3O3. The molecule has 2 aromatic carbocycles. The first-order chi connectivity index (χ1) is 14.8. The standard InChI is InChI=1S/C22H22Cl2FN3O3/c1-27(13-19(29)26-20-17(23)3-2-4-18(20)24)21(30)15-9-11-28(12-10-15)22(31)14-5-7-16(25)8-6-14/h2-8,15H,9-13H2,1H3,(H,26,29). The van der Waals surface area contributed by atoms with Crippen LogP contribution in [0.5, 0.6) is 0 Å². The van der Waals surface area contributed by atoms with Gasteiger partial charge >= 0.3 is 0 Å². The van der Waals surface area contributed by atoms with E-state index in [1.807, 2.05) is 0 Å². The molecule has 1 heterocycles. The number of para-hydroxylation sites is 1. The summed E-state index contributed by atoms with van der Waals surface area (Å²) in [4.78, 5) is 40.6. The summed E-state index contributed by atoms with van der Waals surface area (Å²) in [5, 5.41) is 3.26. The Bertz CT molecular complexity index is 956. The molecule has 1 fully saturated rings. The number of carbonyl (C=O) groups is 3. The Balaban J connectivity index is 1.51. The second-order valence-electron chi connectivity index (χ2n) is 7.41. The molecule has 0 unspecified atom stereocenters. The summed E-state index contributed by atoms with van der Waals surface area (Å²) < 4.78 is 13.1. The number of rotatable bonds is 5. The van der Waals surface area contributed by atoms with Crippen LogP contribution in [0, 0.1) is 11.7 Å². The first kappa shape index (κ1) is 23.0. The zero-order valence-electron chi connectivity index (χ0n) is 16.9. The van der Waals surface area contributed by atoms with E-state index in [4.69, 9.17) is 23.2 Å². The molecule has 0 atom stereocenters. The molecule has 3 rings (SSSR count). The first-order valence-electron chi connectivity index (χ1n) is 9.80. The van der Waals surface area contributed by atoms with Crippen molar-refractivity contribution < 1.29 is 18.8 Å². The fourth-order valence-electron chi connectivity index (χ4n) is 3.51. The maximum atomic E-state index is 13.1. The van der Waals surface area contributed by atoms with Gasteiger partial charge in [0.2, 0.25) is 11.8 Å². The van der Waals surface area contributed by atoms with Gasteiger partial charge in [0.25, 0.3) is 5.91 Å². The van der Waals surface area contributed by atoms with Crippen LogP contribution in [0.1, 0.15) is 23.2 Å². The van der Waals surface area contributed by atoms with Gasteiger partial charge in [-0.15, -0.1) is 0 Å². The fraction of sp³-hybridized carbons (Fsp3) is 0.318. The molecule has 31 heavy (non-hydrogen) atoms. The lowest BCUT2D eigenvalue weighted by molar-refractivity contribution is -0.138. The van der Waals surface area contributed by atoms with Gasteiger partial charge in [-0.25, -0.2) is 4.39 Å². The highest BCUT2D eigenvalue weighted by atomic mass is 35.5. The molecule has 1 saturated heterocycles. The zero-order valence-corrected chi connectivity index (χ0v) is 18.4. The Morgan fingerprint density at radius 3 is 2.23 bits per heavy atom. The van der Waals surface area contributed by atoms with Gasteiger partial charge in [-0.2, -0.15) is 0 Å². The molecule has 1 aliphatic heterocycles. The molecule has 1 aliphatic rings. The van der Waals surface area contributed by atoms with Crippen molar-refractivity contribution in [3.05, 3.63) is 63.9 Å². The van der Waals surface area contributed by atoms with E-state index in [2.05, 4.69) is 5.32 Å². The quantitative estimate of drug-likeness (QED) is 0.722. The molecule has 9 heteroatoms. The summed E-state index contributed by atoms with van der Waals surface area (Å²) >= 11 is 12.1. The molecule has 0 radical (unpaired) electrons. The largest absolute Gasteiger partial charge is 0.339 e. The predicted octanol–water partition coefficient (Wildman–Crippen LogP) is 4.08. The third-order valence-electron chi connectivity index (χ3n) is 5.21. The highest BCUT2D eigenvalue weighted by Gasteiger charge is 2.30. The van der Waals surface area contributed by atoms with Crippen molar-refractivity contribution in [2.75, 3.05) is 32.0 Å². The van der Waals surface area contributed by atoms with Crippen LogP contribution in [0.15, 0.2) is 42.5 Å². The molecule has 0 saturated carbocycles. The number of benzene rings is 2. The topological polar surface area (TPSA) is 69.7 Å². The highest BCUT2D eigenvalue weighted by molar-refractivity contribution is 6.39. The second kappa shape index (κ2) is 10.1. The van der Waals surface area contributed by atoms with E-state index in [1.165, 1.54) is 29.2 Å². The smallest absolute Gasteiger partial charge is 0.253 e. The molecule has 6 nitrogen and oxygen atoms in total. The van der Waals surface area contributed by atoms with Gasteiger partial charge in [0, 0.05) is 31.6 Å². The van der Waals surface area contributed by atoms with Crippen LogP contribution in [0.25, 0.3) is 0 Å². The molecule has 0 aromatic heterocycles. The van der Waals surface area contributed by atoms with Crippen LogP contribution in [-0.2, 0) is 9.59 Å². The molecule has 1 N–H and O–H groups in total. The number of halogens is 3. The molecule has 164 valence electrons. The molecule has 0 aliphatic carbocycles. The van der Waals surface area contributed by atoms with E-state index in [-0.39, 0.29) is 24.3 Å². The number of carbonyl (C=O) groups excluding carboxylic acids is 3. The second-order valence-corrected chi connectivity index (χ2v) is 8.23. The van der Waals surface area contributed by atoms with Crippen molar-refractivity contribution in [1.29, 1.82) is 0 Å². The highest BCUT2D eigenvalue weighted by Crippen LogP contribution is 2.29. The molecular weight excluding hydrogens is 444 g/mol. The van der Waals surface area contributed by atoms with E-state index < -0.39 is 11.7 Å². The Morgan fingerprint density at radius 1 is 1.06 bits per heavy atom. The third kappa shape index (κ3) is 5.74. The average Bonchev–Trinajstić information content (AvgIpc) is 2.76. The lowest BCUT2D eigenvalue weighted by atomic mass is 9.95. The number of hydrogen-bond donors (Lipinski definition) is 1. The Hall–Kier alpha value is -2.64. The fourth-order valence-corrected chi connectivity index (χ4v) is 4.00. The number of anilines is 1. The minimum Gasteiger partial charge on any atom is -0.339 e. The van der Waals surface area contributed by atoms with Crippen molar-refractivity contribution in [1.82, 2.24) is 9.80 Å². The summed E-state index contributed by atoms with van der Waals surface area (Å²) in [5.74, 6) is -1.43. The van der Waals surface area contributed by atoms with Crippen molar-refractivity contribution >= 4 is 46.6 Å². The first-order valence-corrected chi connectivity index (χ1v) is 10.6. The Kier molecular flexibility index (Phi) is 7.51. The monoisotopic (exact) mass is 465 g/mol. The van der Waals surface area contributed by atoms with Gasteiger partial charge in [-0.05, 0) is 49.2 Å². The van der Waals surface area contributed by atoms with E-state index >= 15 is 0 Å². The predicted molar refractivity (Wildman–Crippen MR) is 118 cm³/mol. The molecule has 0 bridgehead atoms. The average molecular weight is 466 g/mol. The number of nitrogens with one attached hydrogen (secondary N) is 1. The summed E-state index contributed by atoms with van der Waals surface area (Å²) in [6.45, 7) is 0.693. The maximum absolute atomic E-state index is 13.1. The van der Waals surface area contributed by atoms with Gasteiger partial charge in [-0.1, -0.05) is 29.3 Å². The van der Waals surface area contributed by atoms with Crippen LogP contribution in [0.2, 0.25) is 10.0 Å². The van der Waals surface area contributed by atoms with E-state index in [1.54, 1.807) is 30.1 Å². The van der Waals surface area contributed by atoms with Crippen LogP contribution in [-0.4, -0.2) is 54.2 Å². The number of amides is 3. The molecule has 2 aromatic rings. The lowest BCUT2D eigenvalue weighted by Crippen LogP contribution is -2.45.